The van der Waals surface area contributed by atoms with Gasteiger partial charge in [0.05, 0.1) is 6.61 Å². The van der Waals surface area contributed by atoms with Crippen LogP contribution < -0.4 is 5.32 Å². The monoisotopic (exact) mass is 358 g/mol. The molecule has 0 radical (unpaired) electrons. The molecule has 0 aromatic heterocycles. The minimum atomic E-state index is -0.749. The van der Waals surface area contributed by atoms with Crippen LogP contribution in [0.3, 0.4) is 0 Å². The molecule has 1 rings (SSSR count). The molecule has 1 N–H and O–H groups in total. The Hall–Kier alpha value is -1.57. The second kappa shape index (κ2) is 9.66. The molecule has 3 atom stereocenters. The highest BCUT2D eigenvalue weighted by Gasteiger charge is 2.36. The van der Waals surface area contributed by atoms with Crippen LogP contribution in [0.2, 0.25) is 0 Å². The quantitative estimate of drug-likeness (QED) is 0.682. The van der Waals surface area contributed by atoms with E-state index in [0.29, 0.717) is 18.7 Å². The van der Waals surface area contributed by atoms with Gasteiger partial charge < -0.3 is 15.0 Å². The highest BCUT2D eigenvalue weighted by Crippen LogP contribution is 2.22. The molecule has 1 aliphatic heterocycles. The molecule has 7 nitrogen and oxygen atoms in total. The van der Waals surface area contributed by atoms with Crippen LogP contribution in [0, 0.1) is 5.92 Å². The average molecular weight is 358 g/mol. The number of nitrogens with zero attached hydrogens (tertiary/aromatic N) is 1. The normalized spacial score (nSPS) is 19.5. The third kappa shape index (κ3) is 5.81. The van der Waals surface area contributed by atoms with Crippen LogP contribution in [0.4, 0.5) is 0 Å². The van der Waals surface area contributed by atoms with Gasteiger partial charge in [0, 0.05) is 25.1 Å². The zero-order chi connectivity index (χ0) is 18.3. The Bertz CT molecular complexity index is 497. The van der Waals surface area contributed by atoms with Crippen LogP contribution in [0.5, 0.6) is 0 Å². The van der Waals surface area contributed by atoms with E-state index in [1.54, 1.807) is 25.7 Å². The molecule has 0 aromatic rings. The molecule has 0 aromatic carbocycles. The minimum absolute atomic E-state index is 0.0337. The molecule has 0 aliphatic carbocycles. The number of rotatable bonds is 7. The van der Waals surface area contributed by atoms with Crippen molar-refractivity contribution in [2.45, 2.75) is 52.6 Å². The lowest BCUT2D eigenvalue weighted by Gasteiger charge is -2.27. The zero-order valence-corrected chi connectivity index (χ0v) is 15.5. The number of esters is 1. The lowest BCUT2D eigenvalue weighted by Crippen LogP contribution is -2.51. The molecule has 1 fully saturated rings. The van der Waals surface area contributed by atoms with E-state index in [4.69, 9.17) is 4.74 Å². The van der Waals surface area contributed by atoms with Gasteiger partial charge in [0.1, 0.15) is 12.1 Å². The number of ether oxygens (including phenoxy) is 1. The first-order chi connectivity index (χ1) is 11.3. The van der Waals surface area contributed by atoms with E-state index in [-0.39, 0.29) is 29.5 Å². The Balaban J connectivity index is 2.63. The first-order valence-electron chi connectivity index (χ1n) is 8.18. The van der Waals surface area contributed by atoms with Gasteiger partial charge in [-0.1, -0.05) is 18.7 Å². The van der Waals surface area contributed by atoms with Gasteiger partial charge in [-0.2, -0.15) is 0 Å². The molecule has 1 saturated heterocycles. The summed E-state index contributed by atoms with van der Waals surface area (Å²) >= 11 is 1.11. The fourth-order valence-electron chi connectivity index (χ4n) is 2.54. The predicted octanol–water partition coefficient (Wildman–Crippen LogP) is 0.961. The molecule has 2 amide bonds. The van der Waals surface area contributed by atoms with Crippen molar-refractivity contribution < 1.29 is 23.9 Å². The highest BCUT2D eigenvalue weighted by molar-refractivity contribution is 8.13. The van der Waals surface area contributed by atoms with Crippen LogP contribution >= 0.6 is 11.8 Å². The number of carbonyl (C=O) groups is 4. The van der Waals surface area contributed by atoms with E-state index in [0.717, 1.165) is 18.2 Å². The third-order valence-corrected chi connectivity index (χ3v) is 4.87. The van der Waals surface area contributed by atoms with Crippen LogP contribution in [0.15, 0.2) is 0 Å². The Kier molecular flexibility index (Phi) is 8.24. The van der Waals surface area contributed by atoms with E-state index in [9.17, 15) is 19.2 Å². The van der Waals surface area contributed by atoms with Crippen molar-refractivity contribution >= 4 is 34.7 Å². The van der Waals surface area contributed by atoms with E-state index < -0.39 is 18.1 Å². The standard InChI is InChI=1S/C16H26N2O5S/c1-5-23-16(22)11(3)17-14(20)13-7-6-8-18(13)15(21)10(2)9-24-12(4)19/h10-11,13H,5-9H2,1-4H3,(H,17,20)/t10?,11-,13-/m0/s1. The fourth-order valence-corrected chi connectivity index (χ4v) is 3.16. The number of hydrogen-bond acceptors (Lipinski definition) is 6. The van der Waals surface area contributed by atoms with Gasteiger partial charge in [0.15, 0.2) is 5.12 Å². The molecule has 8 heteroatoms. The van der Waals surface area contributed by atoms with Crippen molar-refractivity contribution in [1.29, 1.82) is 0 Å². The lowest BCUT2D eigenvalue weighted by molar-refractivity contribution is -0.148. The van der Waals surface area contributed by atoms with Crippen LogP contribution in [-0.2, 0) is 23.9 Å². The predicted molar refractivity (Wildman–Crippen MR) is 91.3 cm³/mol. The number of amides is 2. The summed E-state index contributed by atoms with van der Waals surface area (Å²) in [6, 6.07) is -1.32. The molecule has 24 heavy (non-hydrogen) atoms. The SMILES string of the molecule is CCOC(=O)[C@H](C)NC(=O)[C@@H]1CCCN1C(=O)C(C)CSC(C)=O. The van der Waals surface area contributed by atoms with Crippen LogP contribution in [0.25, 0.3) is 0 Å². The van der Waals surface area contributed by atoms with Gasteiger partial charge >= 0.3 is 5.97 Å². The molecule has 0 spiro atoms. The summed E-state index contributed by atoms with van der Waals surface area (Å²) in [7, 11) is 0. The van der Waals surface area contributed by atoms with Crippen molar-refractivity contribution in [1.82, 2.24) is 10.2 Å². The van der Waals surface area contributed by atoms with Crippen molar-refractivity contribution in [3.05, 3.63) is 0 Å². The summed E-state index contributed by atoms with van der Waals surface area (Å²) < 4.78 is 4.87. The average Bonchev–Trinajstić information content (AvgIpc) is 3.01. The second-order valence-electron chi connectivity index (χ2n) is 5.88. The largest absolute Gasteiger partial charge is 0.464 e. The summed E-state index contributed by atoms with van der Waals surface area (Å²) in [5, 5.41) is 2.58. The summed E-state index contributed by atoms with van der Waals surface area (Å²) in [6.07, 6.45) is 1.31. The van der Waals surface area contributed by atoms with Crippen molar-refractivity contribution in [2.24, 2.45) is 5.92 Å². The van der Waals surface area contributed by atoms with E-state index in [2.05, 4.69) is 5.32 Å². The van der Waals surface area contributed by atoms with Crippen LogP contribution in [0.1, 0.15) is 40.5 Å². The molecule has 1 aliphatic rings. The fraction of sp³-hybridized carbons (Fsp3) is 0.750. The maximum Gasteiger partial charge on any atom is 0.328 e. The first-order valence-corrected chi connectivity index (χ1v) is 9.17. The Morgan fingerprint density at radius 2 is 1.96 bits per heavy atom. The van der Waals surface area contributed by atoms with Crippen molar-refractivity contribution in [3.63, 3.8) is 0 Å². The molecule has 136 valence electrons. The van der Waals surface area contributed by atoms with Gasteiger partial charge in [-0.05, 0) is 26.7 Å². The maximum atomic E-state index is 12.5. The number of thioether (sulfide) groups is 1. The van der Waals surface area contributed by atoms with E-state index in [1.807, 2.05) is 0 Å². The Labute approximate surface area is 146 Å². The number of hydrogen-bond donors (Lipinski definition) is 1. The molecular formula is C16H26N2O5S. The van der Waals surface area contributed by atoms with Gasteiger partial charge in [0.2, 0.25) is 11.8 Å². The second-order valence-corrected chi connectivity index (χ2v) is 7.07. The molecule has 0 saturated carbocycles. The van der Waals surface area contributed by atoms with E-state index >= 15 is 0 Å². The van der Waals surface area contributed by atoms with Gasteiger partial charge in [-0.25, -0.2) is 4.79 Å². The molecular weight excluding hydrogens is 332 g/mol. The Morgan fingerprint density at radius 3 is 2.54 bits per heavy atom. The maximum absolute atomic E-state index is 12.5. The topological polar surface area (TPSA) is 92.8 Å². The molecule has 1 heterocycles. The molecule has 0 bridgehead atoms. The highest BCUT2D eigenvalue weighted by atomic mass is 32.2. The van der Waals surface area contributed by atoms with Crippen molar-refractivity contribution in [3.8, 4) is 0 Å². The molecule has 1 unspecified atom stereocenters. The first kappa shape index (κ1) is 20.5. The summed E-state index contributed by atoms with van der Waals surface area (Å²) in [4.78, 5) is 49.1. The smallest absolute Gasteiger partial charge is 0.328 e. The summed E-state index contributed by atoms with van der Waals surface area (Å²) in [6.45, 7) is 7.24. The number of carbonyl (C=O) groups excluding carboxylic acids is 4. The minimum Gasteiger partial charge on any atom is -0.464 e. The third-order valence-electron chi connectivity index (χ3n) is 3.80. The number of likely N-dealkylation sites (tertiary alicyclic amines) is 1. The summed E-state index contributed by atoms with van der Waals surface area (Å²) in [5.41, 5.74) is 0. The van der Waals surface area contributed by atoms with Gasteiger partial charge in [-0.15, -0.1) is 0 Å². The Morgan fingerprint density at radius 1 is 1.29 bits per heavy atom. The lowest BCUT2D eigenvalue weighted by atomic mass is 10.1. The van der Waals surface area contributed by atoms with E-state index in [1.165, 1.54) is 6.92 Å². The zero-order valence-electron chi connectivity index (χ0n) is 14.7. The van der Waals surface area contributed by atoms with Gasteiger partial charge in [-0.3, -0.25) is 14.4 Å². The summed E-state index contributed by atoms with van der Waals surface area (Å²) in [5.74, 6) is -0.904. The van der Waals surface area contributed by atoms with Gasteiger partial charge in [0.25, 0.3) is 0 Å². The van der Waals surface area contributed by atoms with Crippen molar-refractivity contribution in [2.75, 3.05) is 18.9 Å². The number of nitrogens with one attached hydrogen (secondary N) is 1. The van der Waals surface area contributed by atoms with Crippen LogP contribution in [-0.4, -0.2) is 58.8 Å².